The summed E-state index contributed by atoms with van der Waals surface area (Å²) in [4.78, 5) is 29.0. The summed E-state index contributed by atoms with van der Waals surface area (Å²) in [5, 5.41) is 14.1. The minimum atomic E-state index is -0.424. The van der Waals surface area contributed by atoms with Crippen LogP contribution in [0.4, 0.5) is 5.69 Å². The second-order valence-electron chi connectivity index (χ2n) is 13.2. The predicted molar refractivity (Wildman–Crippen MR) is 237 cm³/mol. The van der Waals surface area contributed by atoms with E-state index in [1.807, 2.05) is 72.8 Å². The van der Waals surface area contributed by atoms with Crippen molar-refractivity contribution in [2.45, 2.75) is 0 Å². The first-order chi connectivity index (χ1) is 27.5. The third-order valence-electron chi connectivity index (χ3n) is 9.75. The minimum absolute atomic E-state index is 0.0287. The number of aromatic amines is 2. The van der Waals surface area contributed by atoms with Crippen LogP contribution in [0.25, 0.3) is 90.9 Å². The van der Waals surface area contributed by atoms with E-state index in [-0.39, 0.29) is 5.69 Å². The lowest BCUT2D eigenvalue weighted by molar-refractivity contribution is -0.384. The average Bonchev–Trinajstić information content (AvgIpc) is 4.04. The number of fused-ring (bicyclic) bond motifs is 8. The molecule has 0 spiro atoms. The molecule has 0 saturated carbocycles. The number of benzene rings is 4. The van der Waals surface area contributed by atoms with Crippen LogP contribution in [0.15, 0.2) is 103 Å². The molecule has 57 heavy (non-hydrogen) atoms. The van der Waals surface area contributed by atoms with Gasteiger partial charge in [-0.2, -0.15) is 0 Å². The zero-order valence-electron chi connectivity index (χ0n) is 29.1. The van der Waals surface area contributed by atoms with Gasteiger partial charge in [0.05, 0.1) is 57.8 Å². The molecule has 4 aromatic carbocycles. The second-order valence-corrected chi connectivity index (χ2v) is 15.6. The molecule has 0 fully saturated rings. The molecule has 0 saturated heterocycles. The Hall–Kier alpha value is -5.38. The van der Waals surface area contributed by atoms with Gasteiger partial charge in [-0.3, -0.25) is 10.1 Å². The van der Waals surface area contributed by atoms with Gasteiger partial charge >= 0.3 is 0 Å². The number of halogens is 6. The summed E-state index contributed by atoms with van der Waals surface area (Å²) in [6.07, 6.45) is 7.76. The van der Waals surface area contributed by atoms with Crippen LogP contribution in [0.1, 0.15) is 22.8 Å². The van der Waals surface area contributed by atoms with Gasteiger partial charge in [-0.05, 0) is 119 Å². The molecule has 9 rings (SSSR count). The summed E-state index contributed by atoms with van der Waals surface area (Å²) < 4.78 is 0. The van der Waals surface area contributed by atoms with Crippen LogP contribution >= 0.6 is 69.6 Å². The van der Waals surface area contributed by atoms with E-state index in [2.05, 4.69) is 9.97 Å². The van der Waals surface area contributed by atoms with Crippen molar-refractivity contribution in [3.05, 3.63) is 166 Å². The fourth-order valence-corrected chi connectivity index (χ4v) is 8.02. The lowest BCUT2D eigenvalue weighted by atomic mass is 10.0. The summed E-state index contributed by atoms with van der Waals surface area (Å²) >= 11 is 39.0. The molecule has 7 aromatic rings. The highest BCUT2D eigenvalue weighted by molar-refractivity contribution is 6.43. The van der Waals surface area contributed by atoms with E-state index in [1.54, 1.807) is 42.5 Å². The van der Waals surface area contributed by atoms with Gasteiger partial charge in [-0.1, -0.05) is 87.8 Å². The number of H-pyrrole nitrogens is 2. The molecular weight excluding hydrogens is 843 g/mol. The van der Waals surface area contributed by atoms with Crippen LogP contribution < -0.4 is 0 Å². The number of hydrogen-bond donors (Lipinski definition) is 2. The molecule has 2 aliphatic heterocycles. The third kappa shape index (κ3) is 6.91. The van der Waals surface area contributed by atoms with Crippen molar-refractivity contribution < 1.29 is 4.92 Å². The molecule has 0 amide bonds. The summed E-state index contributed by atoms with van der Waals surface area (Å²) in [6.45, 7) is 0. The highest BCUT2D eigenvalue weighted by Crippen LogP contribution is 2.41. The number of nitro groups is 1. The summed E-state index contributed by atoms with van der Waals surface area (Å²) in [5.41, 5.74) is 11.5. The van der Waals surface area contributed by atoms with Crippen LogP contribution in [-0.2, 0) is 0 Å². The van der Waals surface area contributed by atoms with E-state index in [4.69, 9.17) is 79.6 Å². The fraction of sp³-hybridized carbons (Fsp3) is 0. The molecule has 5 heterocycles. The monoisotopic (exact) mass is 863 g/mol. The van der Waals surface area contributed by atoms with Gasteiger partial charge in [0, 0.05) is 56.5 Å². The Kier molecular flexibility index (Phi) is 9.69. The Bertz CT molecular complexity index is 3030. The van der Waals surface area contributed by atoms with Crippen LogP contribution in [0.5, 0.6) is 0 Å². The van der Waals surface area contributed by atoms with Gasteiger partial charge in [0.2, 0.25) is 0 Å². The smallest absolute Gasteiger partial charge is 0.269 e. The van der Waals surface area contributed by atoms with Gasteiger partial charge in [-0.15, -0.1) is 0 Å². The summed E-state index contributed by atoms with van der Waals surface area (Å²) in [5.74, 6) is 0. The zero-order chi connectivity index (χ0) is 39.5. The Labute approximate surface area is 355 Å². The minimum Gasteiger partial charge on any atom is -0.354 e. The fourth-order valence-electron chi connectivity index (χ4n) is 7.12. The summed E-state index contributed by atoms with van der Waals surface area (Å²) in [6, 6.07) is 30.6. The Balaban J connectivity index is 1.47. The van der Waals surface area contributed by atoms with Gasteiger partial charge in [0.1, 0.15) is 0 Å². The highest BCUT2D eigenvalue weighted by atomic mass is 35.5. The van der Waals surface area contributed by atoms with E-state index in [0.717, 1.165) is 55.5 Å². The molecular formula is C44H23Cl6N5O2. The number of non-ortho nitro benzene ring substituents is 1. The Morgan fingerprint density at radius 1 is 0.404 bits per heavy atom. The van der Waals surface area contributed by atoms with Gasteiger partial charge < -0.3 is 9.97 Å². The molecule has 3 aromatic heterocycles. The molecule has 0 atom stereocenters. The molecule has 2 aliphatic rings. The second kappa shape index (κ2) is 14.8. The number of nitrogens with one attached hydrogen (secondary N) is 2. The maximum Gasteiger partial charge on any atom is 0.269 e. The van der Waals surface area contributed by atoms with E-state index in [1.165, 1.54) is 12.1 Å². The van der Waals surface area contributed by atoms with Crippen LogP contribution in [0, 0.1) is 10.1 Å². The first-order valence-corrected chi connectivity index (χ1v) is 19.6. The normalized spacial score (nSPS) is 12.0. The van der Waals surface area contributed by atoms with E-state index < -0.39 is 4.92 Å². The number of hydrogen-bond acceptors (Lipinski definition) is 4. The van der Waals surface area contributed by atoms with Crippen molar-refractivity contribution in [2.24, 2.45) is 0 Å². The highest BCUT2D eigenvalue weighted by Gasteiger charge is 2.20. The lowest BCUT2D eigenvalue weighted by Crippen LogP contribution is -1.91. The van der Waals surface area contributed by atoms with Crippen molar-refractivity contribution >= 4 is 122 Å². The van der Waals surface area contributed by atoms with Gasteiger partial charge in [0.25, 0.3) is 5.69 Å². The molecule has 8 bridgehead atoms. The molecule has 0 aliphatic carbocycles. The average molecular weight is 866 g/mol. The summed E-state index contributed by atoms with van der Waals surface area (Å²) in [7, 11) is 0. The van der Waals surface area contributed by atoms with Gasteiger partial charge in [-0.25, -0.2) is 9.97 Å². The standard InChI is InChI=1S/C44H23Cl6N5O2/c45-27-8-3-23(19-30(27)48)42-35-13-11-33(51-35)41(22-1-6-26(7-2-22)55(56)57)34-12-14-36(52-34)43(24-4-9-28(46)31(49)20-24)38-16-18-40(54-38)44(39-17-15-37(42)53-39)25-5-10-29(47)32(50)21-25/h1-21,51,54H. The molecule has 278 valence electrons. The topological polar surface area (TPSA) is 100 Å². The maximum absolute atomic E-state index is 11.6. The van der Waals surface area contributed by atoms with Crippen molar-refractivity contribution in [1.29, 1.82) is 0 Å². The van der Waals surface area contributed by atoms with E-state index >= 15 is 0 Å². The van der Waals surface area contributed by atoms with Crippen LogP contribution in [-0.4, -0.2) is 24.9 Å². The van der Waals surface area contributed by atoms with Crippen molar-refractivity contribution in [2.75, 3.05) is 0 Å². The number of aromatic nitrogens is 4. The molecule has 0 radical (unpaired) electrons. The van der Waals surface area contributed by atoms with Crippen molar-refractivity contribution in [1.82, 2.24) is 19.9 Å². The first-order valence-electron chi connectivity index (χ1n) is 17.3. The van der Waals surface area contributed by atoms with Crippen molar-refractivity contribution in [3.63, 3.8) is 0 Å². The maximum atomic E-state index is 11.6. The molecule has 2 N–H and O–H groups in total. The SMILES string of the molecule is O=[N+]([O-])c1ccc(-c2c3nc(c(-c4ccc(Cl)c(Cl)c4)c4ccc([nH]4)c(-c4ccc(Cl)c(Cl)c4)c4nc(c(-c5ccc(Cl)c(Cl)c5)c5ccc2[nH]5)C=C4)C=C3)cc1. The quantitative estimate of drug-likeness (QED) is 0.133. The van der Waals surface area contributed by atoms with Gasteiger partial charge in [0.15, 0.2) is 0 Å². The molecule has 0 unspecified atom stereocenters. The zero-order valence-corrected chi connectivity index (χ0v) is 33.6. The van der Waals surface area contributed by atoms with E-state index in [0.29, 0.717) is 64.0 Å². The Morgan fingerprint density at radius 2 is 0.702 bits per heavy atom. The first kappa shape index (κ1) is 37.2. The number of rotatable bonds is 5. The largest absolute Gasteiger partial charge is 0.354 e. The Morgan fingerprint density at radius 3 is 1.00 bits per heavy atom. The number of nitrogens with zero attached hydrogens (tertiary/aromatic N) is 3. The van der Waals surface area contributed by atoms with Crippen molar-refractivity contribution in [3.8, 4) is 44.5 Å². The van der Waals surface area contributed by atoms with Crippen LogP contribution in [0.3, 0.4) is 0 Å². The predicted octanol–water partition coefficient (Wildman–Crippen LogP) is 15.2. The molecule has 13 heteroatoms. The molecule has 7 nitrogen and oxygen atoms in total. The number of nitro benzene ring substituents is 1. The third-order valence-corrected chi connectivity index (χ3v) is 12.0. The van der Waals surface area contributed by atoms with Crippen LogP contribution in [0.2, 0.25) is 30.1 Å². The van der Waals surface area contributed by atoms with E-state index in [9.17, 15) is 10.1 Å². The lowest BCUT2D eigenvalue weighted by Gasteiger charge is -2.08.